The number of benzene rings is 2. The highest BCUT2D eigenvalue weighted by Gasteiger charge is 2.27. The van der Waals surface area contributed by atoms with E-state index in [0.717, 1.165) is 9.75 Å². The number of thiophene rings is 1. The molecule has 1 unspecified atom stereocenters. The van der Waals surface area contributed by atoms with Crippen LogP contribution in [0.4, 0.5) is 4.39 Å². The van der Waals surface area contributed by atoms with Gasteiger partial charge in [0.05, 0.1) is 0 Å². The van der Waals surface area contributed by atoms with Gasteiger partial charge in [-0.3, -0.25) is 20.4 Å². The minimum Gasteiger partial charge on any atom is -0.485 e. The Hall–Kier alpha value is -3.65. The quantitative estimate of drug-likeness (QED) is 0.496. The summed E-state index contributed by atoms with van der Waals surface area (Å²) in [5, 5.41) is 0. The van der Waals surface area contributed by atoms with E-state index >= 15 is 0 Å². The molecule has 152 valence electrons. The summed E-state index contributed by atoms with van der Waals surface area (Å²) in [6.45, 7) is 0.0442. The van der Waals surface area contributed by atoms with Gasteiger partial charge in [-0.1, -0.05) is 30.3 Å². The van der Waals surface area contributed by atoms with Crippen molar-refractivity contribution < 1.29 is 23.5 Å². The Balaban J connectivity index is 1.30. The molecule has 6 nitrogen and oxygen atoms in total. The van der Waals surface area contributed by atoms with Crippen molar-refractivity contribution in [2.75, 3.05) is 6.61 Å². The third kappa shape index (κ3) is 4.49. The van der Waals surface area contributed by atoms with Crippen molar-refractivity contribution in [2.45, 2.75) is 6.10 Å². The third-order valence-corrected chi connectivity index (χ3v) is 5.36. The lowest BCUT2D eigenvalue weighted by Crippen LogP contribution is -2.50. The molecule has 0 fully saturated rings. The monoisotopic (exact) mass is 424 g/mol. The second kappa shape index (κ2) is 8.79. The normalized spacial score (nSPS) is 15.0. The first-order valence-electron chi connectivity index (χ1n) is 9.11. The molecule has 2 N–H and O–H groups in total. The number of hydrogen-bond donors (Lipinski definition) is 2. The van der Waals surface area contributed by atoms with E-state index in [-0.39, 0.29) is 12.4 Å². The van der Waals surface area contributed by atoms with Gasteiger partial charge in [-0.05, 0) is 36.4 Å². The van der Waals surface area contributed by atoms with Gasteiger partial charge in [-0.25, -0.2) is 4.39 Å². The van der Waals surface area contributed by atoms with Crippen molar-refractivity contribution in [3.05, 3.63) is 77.4 Å². The van der Waals surface area contributed by atoms with E-state index in [1.807, 2.05) is 6.07 Å². The van der Waals surface area contributed by atoms with Crippen molar-refractivity contribution in [3.63, 3.8) is 0 Å². The van der Waals surface area contributed by atoms with Crippen molar-refractivity contribution in [1.82, 2.24) is 10.9 Å². The van der Waals surface area contributed by atoms with Crippen LogP contribution in [-0.2, 0) is 9.59 Å². The Labute approximate surface area is 175 Å². The number of fused-ring (bicyclic) bond motifs is 1. The Morgan fingerprint density at radius 2 is 1.77 bits per heavy atom. The maximum Gasteiger partial charge on any atom is 0.283 e. The number of para-hydroxylation sites is 2. The summed E-state index contributed by atoms with van der Waals surface area (Å²) >= 11 is 1.35. The molecule has 0 spiro atoms. The van der Waals surface area contributed by atoms with Crippen molar-refractivity contribution >= 4 is 29.2 Å². The topological polar surface area (TPSA) is 76.7 Å². The molecule has 30 heavy (non-hydrogen) atoms. The molecular weight excluding hydrogens is 407 g/mol. The van der Waals surface area contributed by atoms with Crippen LogP contribution in [-0.4, -0.2) is 24.5 Å². The first-order valence-corrected chi connectivity index (χ1v) is 9.93. The van der Waals surface area contributed by atoms with E-state index in [1.165, 1.54) is 23.5 Å². The Morgan fingerprint density at radius 3 is 2.60 bits per heavy atom. The highest BCUT2D eigenvalue weighted by atomic mass is 32.1. The third-order valence-electron chi connectivity index (χ3n) is 4.28. The van der Waals surface area contributed by atoms with Gasteiger partial charge < -0.3 is 9.47 Å². The highest BCUT2D eigenvalue weighted by molar-refractivity contribution is 7.16. The molecule has 8 heteroatoms. The average molecular weight is 424 g/mol. The van der Waals surface area contributed by atoms with Gasteiger partial charge in [0.25, 0.3) is 11.8 Å². The van der Waals surface area contributed by atoms with Crippen LogP contribution in [0.15, 0.2) is 66.7 Å². The first-order chi connectivity index (χ1) is 14.6. The molecule has 1 atom stereocenters. The second-order valence-corrected chi connectivity index (χ2v) is 7.47. The molecule has 1 aromatic heterocycles. The zero-order valence-electron chi connectivity index (χ0n) is 15.6. The van der Waals surface area contributed by atoms with Crippen LogP contribution >= 0.6 is 11.3 Å². The lowest BCUT2D eigenvalue weighted by molar-refractivity contribution is -0.134. The molecule has 4 rings (SSSR count). The van der Waals surface area contributed by atoms with Crippen LogP contribution in [0.1, 0.15) is 4.88 Å². The lowest BCUT2D eigenvalue weighted by atomic mass is 10.2. The first kappa shape index (κ1) is 19.7. The van der Waals surface area contributed by atoms with E-state index in [1.54, 1.807) is 54.6 Å². The second-order valence-electron chi connectivity index (χ2n) is 6.36. The van der Waals surface area contributed by atoms with E-state index in [9.17, 15) is 14.0 Å². The van der Waals surface area contributed by atoms with Gasteiger partial charge in [0, 0.05) is 21.4 Å². The summed E-state index contributed by atoms with van der Waals surface area (Å²) in [7, 11) is 0. The minimum absolute atomic E-state index is 0.0442. The molecule has 1 aliphatic heterocycles. The maximum absolute atomic E-state index is 13.9. The van der Waals surface area contributed by atoms with Crippen LogP contribution in [0.2, 0.25) is 0 Å². The van der Waals surface area contributed by atoms with E-state index < -0.39 is 17.9 Å². The summed E-state index contributed by atoms with van der Waals surface area (Å²) in [5.41, 5.74) is 5.13. The molecule has 1 aliphatic rings. The Kier molecular flexibility index (Phi) is 5.76. The van der Waals surface area contributed by atoms with Crippen LogP contribution in [0.3, 0.4) is 0 Å². The minimum atomic E-state index is -0.871. The number of hydrogen-bond acceptors (Lipinski definition) is 5. The fraction of sp³-hybridized carbons (Fsp3) is 0.0909. The molecule has 0 radical (unpaired) electrons. The number of rotatable bonds is 4. The summed E-state index contributed by atoms with van der Waals surface area (Å²) < 4.78 is 24.9. The van der Waals surface area contributed by atoms with Crippen LogP contribution in [0.5, 0.6) is 11.5 Å². The van der Waals surface area contributed by atoms with Crippen LogP contribution in [0.25, 0.3) is 16.5 Å². The van der Waals surface area contributed by atoms with E-state index in [4.69, 9.17) is 9.47 Å². The zero-order valence-corrected chi connectivity index (χ0v) is 16.4. The molecule has 0 saturated carbocycles. The predicted octanol–water partition coefficient (Wildman–Crippen LogP) is 3.55. The number of halogens is 1. The summed E-state index contributed by atoms with van der Waals surface area (Å²) in [6, 6.07) is 17.1. The molecule has 2 amide bonds. The molecule has 0 aliphatic carbocycles. The Bertz CT molecular complexity index is 1110. The summed E-state index contributed by atoms with van der Waals surface area (Å²) in [6.07, 6.45) is 2.00. The number of nitrogens with one attached hydrogen (secondary N) is 2. The van der Waals surface area contributed by atoms with Gasteiger partial charge in [0.1, 0.15) is 12.4 Å². The summed E-state index contributed by atoms with van der Waals surface area (Å²) in [4.78, 5) is 25.7. The number of carbonyl (C=O) groups is 2. The summed E-state index contributed by atoms with van der Waals surface area (Å²) in [5.74, 6) is -0.296. The number of carbonyl (C=O) groups excluding carboxylic acids is 2. The van der Waals surface area contributed by atoms with Gasteiger partial charge in [-0.2, -0.15) is 0 Å². The Morgan fingerprint density at radius 1 is 1.00 bits per heavy atom. The predicted molar refractivity (Wildman–Crippen MR) is 111 cm³/mol. The van der Waals surface area contributed by atoms with Crippen LogP contribution in [0, 0.1) is 5.82 Å². The van der Waals surface area contributed by atoms with E-state index in [0.29, 0.717) is 17.1 Å². The maximum atomic E-state index is 13.9. The average Bonchev–Trinajstić information content (AvgIpc) is 3.25. The molecule has 0 saturated heterocycles. The molecule has 2 aromatic carbocycles. The number of amides is 2. The molecule has 2 heterocycles. The van der Waals surface area contributed by atoms with E-state index in [2.05, 4.69) is 10.9 Å². The van der Waals surface area contributed by atoms with Gasteiger partial charge in [0.2, 0.25) is 6.10 Å². The SMILES string of the molecule is O=C(/C=C/c1ccc(-c2ccccc2F)s1)NNC(=O)C1COc2ccccc2O1. The highest BCUT2D eigenvalue weighted by Crippen LogP contribution is 2.31. The fourth-order valence-electron chi connectivity index (χ4n) is 2.80. The molecular formula is C22H17FN2O4S. The van der Waals surface area contributed by atoms with Crippen molar-refractivity contribution in [1.29, 1.82) is 0 Å². The zero-order chi connectivity index (χ0) is 20.9. The van der Waals surface area contributed by atoms with Gasteiger partial charge in [-0.15, -0.1) is 11.3 Å². The standard InChI is InChI=1S/C22H17FN2O4S/c23-16-6-2-1-5-15(16)20-11-9-14(30-20)10-12-21(26)24-25-22(27)19-13-28-17-7-3-4-8-18(17)29-19/h1-12,19H,13H2,(H,24,26)(H,25,27)/b12-10+. The molecule has 0 bridgehead atoms. The lowest BCUT2D eigenvalue weighted by Gasteiger charge is -2.25. The largest absolute Gasteiger partial charge is 0.485 e. The van der Waals surface area contributed by atoms with Crippen molar-refractivity contribution in [2.24, 2.45) is 0 Å². The number of hydrazine groups is 1. The van der Waals surface area contributed by atoms with Crippen molar-refractivity contribution in [3.8, 4) is 21.9 Å². The number of ether oxygens (including phenoxy) is 2. The fourth-order valence-corrected chi connectivity index (χ4v) is 3.74. The van der Waals surface area contributed by atoms with Gasteiger partial charge in [0.15, 0.2) is 11.5 Å². The molecule has 3 aromatic rings. The van der Waals surface area contributed by atoms with Crippen LogP contribution < -0.4 is 20.3 Å². The van der Waals surface area contributed by atoms with Gasteiger partial charge >= 0.3 is 0 Å². The smallest absolute Gasteiger partial charge is 0.283 e.